The zero-order chi connectivity index (χ0) is 16.7. The molecule has 0 fully saturated rings. The first-order chi connectivity index (χ1) is 10.3. The Morgan fingerprint density at radius 2 is 1.73 bits per heavy atom. The van der Waals surface area contributed by atoms with E-state index in [0.717, 1.165) is 6.42 Å². The van der Waals surface area contributed by atoms with Gasteiger partial charge in [-0.1, -0.05) is 20.3 Å². The van der Waals surface area contributed by atoms with Gasteiger partial charge in [-0.05, 0) is 37.1 Å². The first-order valence-corrected chi connectivity index (χ1v) is 7.27. The molecule has 0 saturated carbocycles. The first kappa shape index (κ1) is 17.7. The number of carbonyl (C=O) groups is 3. The predicted molar refractivity (Wildman–Crippen MR) is 83.7 cm³/mol. The number of nitrogens with one attached hydrogen (secondary N) is 2. The van der Waals surface area contributed by atoms with Crippen molar-refractivity contribution in [2.75, 3.05) is 5.32 Å². The molecular formula is C16H22N2O4. The maximum atomic E-state index is 11.8. The summed E-state index contributed by atoms with van der Waals surface area (Å²) in [7, 11) is 0. The molecule has 0 heterocycles. The second kappa shape index (κ2) is 8.17. The Morgan fingerprint density at radius 1 is 1.14 bits per heavy atom. The van der Waals surface area contributed by atoms with E-state index in [9.17, 15) is 14.4 Å². The fourth-order valence-corrected chi connectivity index (χ4v) is 1.72. The molecule has 6 heteroatoms. The Hall–Kier alpha value is -2.37. The summed E-state index contributed by atoms with van der Waals surface area (Å²) in [6.07, 6.45) is 1.39. The minimum absolute atomic E-state index is 0.0638. The highest BCUT2D eigenvalue weighted by Crippen LogP contribution is 2.12. The monoisotopic (exact) mass is 306 g/mol. The largest absolute Gasteiger partial charge is 0.480 e. The number of carboxylic acids is 1. The molecule has 0 aromatic heterocycles. The van der Waals surface area contributed by atoms with Gasteiger partial charge in [0.25, 0.3) is 5.91 Å². The fraction of sp³-hybridized carbons (Fsp3) is 0.438. The molecule has 1 aromatic carbocycles. The normalized spacial score (nSPS) is 13.0. The van der Waals surface area contributed by atoms with Crippen molar-refractivity contribution in [1.29, 1.82) is 0 Å². The van der Waals surface area contributed by atoms with Gasteiger partial charge >= 0.3 is 5.97 Å². The van der Waals surface area contributed by atoms with E-state index in [0.29, 0.717) is 23.6 Å². The highest BCUT2D eigenvalue weighted by atomic mass is 16.4. The van der Waals surface area contributed by atoms with Crippen molar-refractivity contribution >= 4 is 23.5 Å². The second-order valence-corrected chi connectivity index (χ2v) is 5.38. The molecule has 6 nitrogen and oxygen atoms in total. The van der Waals surface area contributed by atoms with E-state index in [1.807, 2.05) is 13.8 Å². The number of rotatable bonds is 7. The molecule has 22 heavy (non-hydrogen) atoms. The summed E-state index contributed by atoms with van der Waals surface area (Å²) in [4.78, 5) is 34.3. The average Bonchev–Trinajstić information content (AvgIpc) is 2.47. The molecule has 0 spiro atoms. The lowest BCUT2D eigenvalue weighted by atomic mass is 10.0. The summed E-state index contributed by atoms with van der Waals surface area (Å²) in [5.74, 6) is -1.30. The number of hydrogen-bond acceptors (Lipinski definition) is 3. The van der Waals surface area contributed by atoms with Crippen molar-refractivity contribution in [3.05, 3.63) is 29.8 Å². The van der Waals surface area contributed by atoms with Gasteiger partial charge in [-0.3, -0.25) is 14.4 Å². The lowest BCUT2D eigenvalue weighted by Crippen LogP contribution is -2.38. The molecule has 1 rings (SSSR count). The number of aliphatic carboxylic acids is 1. The van der Waals surface area contributed by atoms with E-state index in [1.165, 1.54) is 6.92 Å². The Bertz CT molecular complexity index is 540. The molecule has 2 unspecified atom stereocenters. The van der Waals surface area contributed by atoms with Gasteiger partial charge in [0.15, 0.2) is 0 Å². The van der Waals surface area contributed by atoms with Crippen molar-refractivity contribution in [2.24, 2.45) is 5.92 Å². The number of benzene rings is 1. The van der Waals surface area contributed by atoms with Crippen LogP contribution in [-0.2, 0) is 9.59 Å². The summed E-state index contributed by atoms with van der Waals surface area (Å²) >= 11 is 0. The third-order valence-corrected chi connectivity index (χ3v) is 3.38. The predicted octanol–water partition coefficient (Wildman–Crippen LogP) is 2.26. The summed E-state index contributed by atoms with van der Waals surface area (Å²) in [5, 5.41) is 13.9. The van der Waals surface area contributed by atoms with Gasteiger partial charge in [-0.25, -0.2) is 0 Å². The van der Waals surface area contributed by atoms with E-state index in [4.69, 9.17) is 5.11 Å². The van der Waals surface area contributed by atoms with Gasteiger partial charge in [-0.15, -0.1) is 0 Å². The van der Waals surface area contributed by atoms with Gasteiger partial charge in [0.2, 0.25) is 5.91 Å². The summed E-state index contributed by atoms with van der Waals surface area (Å²) in [6.45, 7) is 5.43. The Labute approximate surface area is 129 Å². The van der Waals surface area contributed by atoms with Crippen LogP contribution in [0.15, 0.2) is 24.3 Å². The number of carbonyl (C=O) groups excluding carboxylic acids is 2. The highest BCUT2D eigenvalue weighted by molar-refractivity contribution is 5.97. The van der Waals surface area contributed by atoms with Crippen LogP contribution in [0.1, 0.15) is 44.0 Å². The van der Waals surface area contributed by atoms with E-state index < -0.39 is 17.9 Å². The zero-order valence-corrected chi connectivity index (χ0v) is 13.1. The second-order valence-electron chi connectivity index (χ2n) is 5.38. The maximum Gasteiger partial charge on any atom is 0.325 e. The molecule has 0 aliphatic rings. The molecule has 0 radical (unpaired) electrons. The van der Waals surface area contributed by atoms with Crippen LogP contribution in [0.5, 0.6) is 0 Å². The molecule has 0 bridgehead atoms. The standard InChI is InChI=1S/C16H22N2O4/c1-4-10(2)9-14(19)18-13-7-5-12(6-8-13)15(20)17-11(3)16(21)22/h5-8,10-11H,4,9H2,1-3H3,(H,17,20)(H,18,19)(H,21,22). The molecule has 3 N–H and O–H groups in total. The van der Waals surface area contributed by atoms with Crippen LogP contribution in [0, 0.1) is 5.92 Å². The molecule has 1 aromatic rings. The maximum absolute atomic E-state index is 11.8. The smallest absolute Gasteiger partial charge is 0.325 e. The molecule has 0 saturated heterocycles. The van der Waals surface area contributed by atoms with Crippen molar-refractivity contribution < 1.29 is 19.5 Å². The van der Waals surface area contributed by atoms with Gasteiger partial charge in [0.1, 0.15) is 6.04 Å². The third-order valence-electron chi connectivity index (χ3n) is 3.38. The number of hydrogen-bond donors (Lipinski definition) is 3. The summed E-state index contributed by atoms with van der Waals surface area (Å²) in [6, 6.07) is 5.37. The van der Waals surface area contributed by atoms with Crippen molar-refractivity contribution in [3.63, 3.8) is 0 Å². The van der Waals surface area contributed by atoms with Crippen LogP contribution < -0.4 is 10.6 Å². The number of carboxylic acid groups (broad SMARTS) is 1. The van der Waals surface area contributed by atoms with Gasteiger partial charge < -0.3 is 15.7 Å². The number of anilines is 1. The SMILES string of the molecule is CCC(C)CC(=O)Nc1ccc(C(=O)NC(C)C(=O)O)cc1. The average molecular weight is 306 g/mol. The minimum Gasteiger partial charge on any atom is -0.480 e. The molecule has 0 aliphatic carbocycles. The molecule has 2 amide bonds. The van der Waals surface area contributed by atoms with Crippen LogP contribution in [0.2, 0.25) is 0 Å². The van der Waals surface area contributed by atoms with Gasteiger partial charge in [0, 0.05) is 17.7 Å². The van der Waals surface area contributed by atoms with Crippen molar-refractivity contribution in [2.45, 2.75) is 39.7 Å². The van der Waals surface area contributed by atoms with Crippen molar-refractivity contribution in [3.8, 4) is 0 Å². The first-order valence-electron chi connectivity index (χ1n) is 7.27. The lowest BCUT2D eigenvalue weighted by molar-refractivity contribution is -0.138. The number of amides is 2. The molecule has 0 aliphatic heterocycles. The highest BCUT2D eigenvalue weighted by Gasteiger charge is 2.15. The minimum atomic E-state index is -1.10. The van der Waals surface area contributed by atoms with Gasteiger partial charge in [-0.2, -0.15) is 0 Å². The van der Waals surface area contributed by atoms with Crippen LogP contribution in [0.4, 0.5) is 5.69 Å². The third kappa shape index (κ3) is 5.55. The van der Waals surface area contributed by atoms with Crippen LogP contribution in [0.25, 0.3) is 0 Å². The van der Waals surface area contributed by atoms with E-state index >= 15 is 0 Å². The lowest BCUT2D eigenvalue weighted by Gasteiger charge is -2.11. The zero-order valence-electron chi connectivity index (χ0n) is 13.1. The van der Waals surface area contributed by atoms with E-state index in [1.54, 1.807) is 24.3 Å². The molecular weight excluding hydrogens is 284 g/mol. The van der Waals surface area contributed by atoms with Gasteiger partial charge in [0.05, 0.1) is 0 Å². The summed E-state index contributed by atoms with van der Waals surface area (Å²) < 4.78 is 0. The topological polar surface area (TPSA) is 95.5 Å². The molecule has 2 atom stereocenters. The van der Waals surface area contributed by atoms with Crippen LogP contribution in [0.3, 0.4) is 0 Å². The van der Waals surface area contributed by atoms with Crippen LogP contribution >= 0.6 is 0 Å². The van der Waals surface area contributed by atoms with Crippen LogP contribution in [-0.4, -0.2) is 28.9 Å². The molecule has 120 valence electrons. The Balaban J connectivity index is 2.61. The van der Waals surface area contributed by atoms with E-state index in [-0.39, 0.29) is 5.91 Å². The quantitative estimate of drug-likeness (QED) is 0.720. The Morgan fingerprint density at radius 3 is 2.23 bits per heavy atom. The Kier molecular flexibility index (Phi) is 6.56. The van der Waals surface area contributed by atoms with E-state index in [2.05, 4.69) is 10.6 Å². The van der Waals surface area contributed by atoms with Crippen molar-refractivity contribution in [1.82, 2.24) is 5.32 Å². The fourth-order valence-electron chi connectivity index (χ4n) is 1.72. The summed E-state index contributed by atoms with van der Waals surface area (Å²) in [5.41, 5.74) is 0.948.